The van der Waals surface area contributed by atoms with Gasteiger partial charge in [0.05, 0.1) is 13.0 Å². The van der Waals surface area contributed by atoms with E-state index in [4.69, 9.17) is 9.84 Å². The van der Waals surface area contributed by atoms with Gasteiger partial charge in [-0.25, -0.2) is 4.79 Å². The highest BCUT2D eigenvalue weighted by Crippen LogP contribution is 2.16. The second-order valence-electron chi connectivity index (χ2n) is 4.91. The van der Waals surface area contributed by atoms with Gasteiger partial charge in [-0.05, 0) is 32.9 Å². The molecule has 5 heteroatoms. The molecule has 0 spiro atoms. The highest BCUT2D eigenvalue weighted by Gasteiger charge is 2.36. The zero-order chi connectivity index (χ0) is 15.2. The van der Waals surface area contributed by atoms with E-state index < -0.39 is 11.5 Å². The predicted molar refractivity (Wildman–Crippen MR) is 75.7 cm³/mol. The van der Waals surface area contributed by atoms with Crippen LogP contribution in [-0.4, -0.2) is 40.6 Å². The molecule has 0 bridgehead atoms. The number of likely N-dealkylation sites (N-methyl/N-ethyl adjacent to an activating group) is 1. The van der Waals surface area contributed by atoms with E-state index in [0.29, 0.717) is 12.3 Å². The van der Waals surface area contributed by atoms with Crippen molar-refractivity contribution < 1.29 is 19.4 Å². The topological polar surface area (TPSA) is 66.8 Å². The van der Waals surface area contributed by atoms with Gasteiger partial charge in [-0.15, -0.1) is 0 Å². The number of carbonyl (C=O) groups excluding carboxylic acids is 1. The van der Waals surface area contributed by atoms with E-state index in [2.05, 4.69) is 0 Å². The van der Waals surface area contributed by atoms with Crippen molar-refractivity contribution in [2.45, 2.75) is 32.7 Å². The monoisotopic (exact) mass is 279 g/mol. The maximum Gasteiger partial charge on any atom is 0.329 e. The molecule has 20 heavy (non-hydrogen) atoms. The number of hydrogen-bond acceptors (Lipinski definition) is 3. The quantitative estimate of drug-likeness (QED) is 0.830. The molecule has 1 aromatic rings. The lowest BCUT2D eigenvalue weighted by Gasteiger charge is -2.34. The van der Waals surface area contributed by atoms with Crippen LogP contribution in [0, 0.1) is 0 Å². The van der Waals surface area contributed by atoms with Gasteiger partial charge in [-0.1, -0.05) is 18.2 Å². The van der Waals surface area contributed by atoms with Crippen LogP contribution in [0.2, 0.25) is 0 Å². The Morgan fingerprint density at radius 2 is 1.85 bits per heavy atom. The Labute approximate surface area is 119 Å². The van der Waals surface area contributed by atoms with E-state index in [1.807, 2.05) is 30.3 Å². The summed E-state index contributed by atoms with van der Waals surface area (Å²) in [6.07, 6.45) is 0.152. The maximum absolute atomic E-state index is 12.1. The molecule has 5 nitrogen and oxygen atoms in total. The van der Waals surface area contributed by atoms with Crippen LogP contribution in [0.1, 0.15) is 27.2 Å². The number of benzene rings is 1. The number of nitrogens with zero attached hydrogens (tertiary/aromatic N) is 1. The van der Waals surface area contributed by atoms with Crippen molar-refractivity contribution in [3.05, 3.63) is 30.3 Å². The minimum atomic E-state index is -1.21. The van der Waals surface area contributed by atoms with Gasteiger partial charge in [-0.3, -0.25) is 4.79 Å². The molecule has 0 aliphatic carbocycles. The molecule has 1 amide bonds. The summed E-state index contributed by atoms with van der Waals surface area (Å²) in [4.78, 5) is 24.6. The van der Waals surface area contributed by atoms with Crippen LogP contribution in [0.15, 0.2) is 30.3 Å². The first-order valence-electron chi connectivity index (χ1n) is 6.61. The van der Waals surface area contributed by atoms with Crippen molar-refractivity contribution in [3.8, 4) is 5.75 Å². The van der Waals surface area contributed by atoms with Crippen molar-refractivity contribution in [2.24, 2.45) is 0 Å². The SMILES string of the molecule is CCN(C(=O)CCOc1ccccc1)C(C)(C)C(=O)O. The van der Waals surface area contributed by atoms with Gasteiger partial charge in [0.25, 0.3) is 0 Å². The number of para-hydroxylation sites is 1. The molecule has 0 radical (unpaired) electrons. The summed E-state index contributed by atoms with van der Waals surface area (Å²) in [7, 11) is 0. The lowest BCUT2D eigenvalue weighted by molar-refractivity contribution is -0.156. The van der Waals surface area contributed by atoms with Crippen LogP contribution in [0.5, 0.6) is 5.75 Å². The molecule has 0 heterocycles. The third kappa shape index (κ3) is 3.98. The third-order valence-electron chi connectivity index (χ3n) is 3.14. The summed E-state index contributed by atoms with van der Waals surface area (Å²) in [5.74, 6) is -0.548. The Hall–Kier alpha value is -2.04. The summed E-state index contributed by atoms with van der Waals surface area (Å²) in [5.41, 5.74) is -1.21. The normalized spacial score (nSPS) is 10.9. The smallest absolute Gasteiger partial charge is 0.329 e. The van der Waals surface area contributed by atoms with Gasteiger partial charge in [0, 0.05) is 6.54 Å². The fourth-order valence-corrected chi connectivity index (χ4v) is 1.91. The number of rotatable bonds is 7. The Balaban J connectivity index is 2.54. The number of aliphatic carboxylic acids is 1. The number of amides is 1. The van der Waals surface area contributed by atoms with E-state index in [1.165, 1.54) is 18.7 Å². The van der Waals surface area contributed by atoms with Gasteiger partial charge in [-0.2, -0.15) is 0 Å². The maximum atomic E-state index is 12.1. The lowest BCUT2D eigenvalue weighted by atomic mass is 10.0. The predicted octanol–water partition coefficient (Wildman–Crippen LogP) is 2.17. The molecule has 110 valence electrons. The first-order valence-corrected chi connectivity index (χ1v) is 6.61. The molecule has 0 unspecified atom stereocenters. The molecule has 0 saturated carbocycles. The average molecular weight is 279 g/mol. The van der Waals surface area contributed by atoms with Crippen molar-refractivity contribution in [2.75, 3.05) is 13.2 Å². The highest BCUT2D eigenvalue weighted by molar-refractivity contribution is 5.86. The van der Waals surface area contributed by atoms with Gasteiger partial charge in [0.2, 0.25) is 5.91 Å². The first-order chi connectivity index (χ1) is 9.39. The zero-order valence-electron chi connectivity index (χ0n) is 12.1. The van der Waals surface area contributed by atoms with E-state index >= 15 is 0 Å². The number of ether oxygens (including phenoxy) is 1. The van der Waals surface area contributed by atoms with Gasteiger partial charge < -0.3 is 14.7 Å². The Morgan fingerprint density at radius 1 is 1.25 bits per heavy atom. The van der Waals surface area contributed by atoms with E-state index in [9.17, 15) is 9.59 Å². The first kappa shape index (κ1) is 16.0. The molecular weight excluding hydrogens is 258 g/mol. The Bertz CT molecular complexity index is 456. The van der Waals surface area contributed by atoms with Crippen LogP contribution in [-0.2, 0) is 9.59 Å². The second kappa shape index (κ2) is 6.93. The molecule has 0 fully saturated rings. The molecule has 0 atom stereocenters. The van der Waals surface area contributed by atoms with E-state index in [-0.39, 0.29) is 18.9 Å². The summed E-state index contributed by atoms with van der Waals surface area (Å²) in [5, 5.41) is 9.17. The fraction of sp³-hybridized carbons (Fsp3) is 0.467. The summed E-state index contributed by atoms with van der Waals surface area (Å²) >= 11 is 0. The van der Waals surface area contributed by atoms with Gasteiger partial charge >= 0.3 is 5.97 Å². The standard InChI is InChI=1S/C15H21NO4/c1-4-16(15(2,3)14(18)19)13(17)10-11-20-12-8-6-5-7-9-12/h5-9H,4,10-11H2,1-3H3,(H,18,19). The minimum absolute atomic E-state index is 0.152. The molecule has 1 aromatic carbocycles. The Kier molecular flexibility index (Phi) is 5.55. The van der Waals surface area contributed by atoms with Crippen molar-refractivity contribution in [1.82, 2.24) is 4.90 Å². The van der Waals surface area contributed by atoms with Crippen molar-refractivity contribution >= 4 is 11.9 Å². The molecule has 0 aliphatic rings. The molecule has 0 aliphatic heterocycles. The van der Waals surface area contributed by atoms with Crippen LogP contribution in [0.25, 0.3) is 0 Å². The minimum Gasteiger partial charge on any atom is -0.493 e. The molecule has 0 saturated heterocycles. The average Bonchev–Trinajstić information content (AvgIpc) is 2.40. The molecule has 0 aromatic heterocycles. The van der Waals surface area contributed by atoms with Gasteiger partial charge in [0.15, 0.2) is 0 Å². The van der Waals surface area contributed by atoms with Gasteiger partial charge in [0.1, 0.15) is 11.3 Å². The van der Waals surface area contributed by atoms with Crippen LogP contribution in [0.3, 0.4) is 0 Å². The van der Waals surface area contributed by atoms with E-state index in [0.717, 1.165) is 0 Å². The van der Waals surface area contributed by atoms with Crippen LogP contribution < -0.4 is 4.74 Å². The second-order valence-corrected chi connectivity index (χ2v) is 4.91. The largest absolute Gasteiger partial charge is 0.493 e. The van der Waals surface area contributed by atoms with Crippen molar-refractivity contribution in [1.29, 1.82) is 0 Å². The molecule has 1 rings (SSSR count). The molecule has 1 N–H and O–H groups in total. The van der Waals surface area contributed by atoms with Crippen LogP contribution in [0.4, 0.5) is 0 Å². The lowest BCUT2D eigenvalue weighted by Crippen LogP contribution is -2.53. The van der Waals surface area contributed by atoms with Crippen LogP contribution >= 0.6 is 0 Å². The van der Waals surface area contributed by atoms with E-state index in [1.54, 1.807) is 6.92 Å². The number of carboxylic acids is 1. The fourth-order valence-electron chi connectivity index (χ4n) is 1.91. The molecular formula is C15H21NO4. The van der Waals surface area contributed by atoms with Crippen molar-refractivity contribution in [3.63, 3.8) is 0 Å². The summed E-state index contributed by atoms with van der Waals surface area (Å²) < 4.78 is 5.45. The highest BCUT2D eigenvalue weighted by atomic mass is 16.5. The third-order valence-corrected chi connectivity index (χ3v) is 3.14. The number of carboxylic acid groups (broad SMARTS) is 1. The number of hydrogen-bond donors (Lipinski definition) is 1. The zero-order valence-corrected chi connectivity index (χ0v) is 12.1. The Morgan fingerprint density at radius 3 is 2.35 bits per heavy atom. The number of carbonyl (C=O) groups is 2. The summed E-state index contributed by atoms with van der Waals surface area (Å²) in [6, 6.07) is 9.20. The summed E-state index contributed by atoms with van der Waals surface area (Å²) in [6.45, 7) is 5.39.